The van der Waals surface area contributed by atoms with Gasteiger partial charge in [0.2, 0.25) is 5.91 Å². The number of nitrogens with zero attached hydrogens (tertiary/aromatic N) is 2. The first-order chi connectivity index (χ1) is 9.67. The zero-order valence-corrected chi connectivity index (χ0v) is 13.0. The van der Waals surface area contributed by atoms with Gasteiger partial charge in [-0.25, -0.2) is 4.98 Å². The highest BCUT2D eigenvalue weighted by molar-refractivity contribution is 7.11. The van der Waals surface area contributed by atoms with Crippen molar-refractivity contribution in [2.75, 3.05) is 13.1 Å². The Morgan fingerprint density at radius 2 is 2.20 bits per heavy atom. The minimum absolute atomic E-state index is 0.0533. The van der Waals surface area contributed by atoms with Crippen molar-refractivity contribution < 1.29 is 4.79 Å². The second-order valence-corrected chi connectivity index (χ2v) is 8.14. The van der Waals surface area contributed by atoms with Crippen LogP contribution in [-0.4, -0.2) is 28.9 Å². The Bertz CT molecular complexity index is 547. The SMILES string of the molecule is Cc1nc2c(s1)CCCC2C(=O)N1CCCC2(CC2)C1. The molecule has 0 N–H and O–H groups in total. The number of aryl methyl sites for hydroxylation is 2. The van der Waals surface area contributed by atoms with E-state index in [1.54, 1.807) is 11.3 Å². The Labute approximate surface area is 124 Å². The van der Waals surface area contributed by atoms with E-state index in [1.165, 1.54) is 30.6 Å². The van der Waals surface area contributed by atoms with Crippen LogP contribution in [0.2, 0.25) is 0 Å². The number of amides is 1. The highest BCUT2D eigenvalue weighted by atomic mass is 32.1. The summed E-state index contributed by atoms with van der Waals surface area (Å²) in [6, 6.07) is 0. The summed E-state index contributed by atoms with van der Waals surface area (Å²) in [5.41, 5.74) is 1.63. The largest absolute Gasteiger partial charge is 0.342 e. The van der Waals surface area contributed by atoms with Crippen LogP contribution in [0.25, 0.3) is 0 Å². The van der Waals surface area contributed by atoms with Crippen molar-refractivity contribution in [2.24, 2.45) is 5.41 Å². The molecule has 2 aliphatic carbocycles. The number of hydrogen-bond donors (Lipinski definition) is 0. The van der Waals surface area contributed by atoms with E-state index in [4.69, 9.17) is 0 Å². The standard InChI is InChI=1S/C16H22N2OS/c1-11-17-14-12(4-2-5-13(14)20-11)15(19)18-9-3-6-16(10-18)7-8-16/h12H,2-10H2,1H3. The number of carbonyl (C=O) groups is 1. The molecule has 1 spiro atoms. The second-order valence-electron chi connectivity index (χ2n) is 6.85. The van der Waals surface area contributed by atoms with Gasteiger partial charge < -0.3 is 4.90 Å². The smallest absolute Gasteiger partial charge is 0.231 e. The molecule has 1 saturated heterocycles. The Morgan fingerprint density at radius 3 is 3.00 bits per heavy atom. The third kappa shape index (κ3) is 2.09. The van der Waals surface area contributed by atoms with Crippen LogP contribution in [0.15, 0.2) is 0 Å². The van der Waals surface area contributed by atoms with Crippen molar-refractivity contribution in [1.29, 1.82) is 0 Å². The molecule has 0 bridgehead atoms. The lowest BCUT2D eigenvalue weighted by Gasteiger charge is -2.36. The lowest BCUT2D eigenvalue weighted by atomic mass is 9.88. The van der Waals surface area contributed by atoms with E-state index in [-0.39, 0.29) is 5.92 Å². The van der Waals surface area contributed by atoms with Gasteiger partial charge in [-0.3, -0.25) is 4.79 Å². The van der Waals surface area contributed by atoms with Crippen molar-refractivity contribution >= 4 is 17.2 Å². The summed E-state index contributed by atoms with van der Waals surface area (Å²) < 4.78 is 0. The first-order valence-corrected chi connectivity index (χ1v) is 8.74. The summed E-state index contributed by atoms with van der Waals surface area (Å²) in [4.78, 5) is 21.1. The maximum Gasteiger partial charge on any atom is 0.231 e. The molecule has 1 aromatic heterocycles. The number of fused-ring (bicyclic) bond motifs is 1. The zero-order chi connectivity index (χ0) is 13.7. The molecule has 1 aromatic rings. The molecule has 2 heterocycles. The summed E-state index contributed by atoms with van der Waals surface area (Å²) in [6.07, 6.45) is 8.46. The molecular formula is C16H22N2OS. The van der Waals surface area contributed by atoms with E-state index in [2.05, 4.69) is 16.8 Å². The van der Waals surface area contributed by atoms with Crippen LogP contribution in [0.5, 0.6) is 0 Å². The minimum Gasteiger partial charge on any atom is -0.342 e. The van der Waals surface area contributed by atoms with E-state index in [1.807, 2.05) is 0 Å². The van der Waals surface area contributed by atoms with Crippen LogP contribution in [0.3, 0.4) is 0 Å². The molecule has 1 aliphatic heterocycles. The van der Waals surface area contributed by atoms with Crippen LogP contribution < -0.4 is 0 Å². The topological polar surface area (TPSA) is 33.2 Å². The Morgan fingerprint density at radius 1 is 1.35 bits per heavy atom. The molecule has 20 heavy (non-hydrogen) atoms. The van der Waals surface area contributed by atoms with Gasteiger partial charge in [0.1, 0.15) is 0 Å². The quantitative estimate of drug-likeness (QED) is 0.795. The zero-order valence-electron chi connectivity index (χ0n) is 12.2. The monoisotopic (exact) mass is 290 g/mol. The number of hydrogen-bond acceptors (Lipinski definition) is 3. The van der Waals surface area contributed by atoms with Gasteiger partial charge in [0.05, 0.1) is 16.6 Å². The van der Waals surface area contributed by atoms with Crippen molar-refractivity contribution in [3.8, 4) is 0 Å². The molecule has 1 amide bonds. The van der Waals surface area contributed by atoms with Crippen LogP contribution in [0.1, 0.15) is 60.0 Å². The maximum atomic E-state index is 12.9. The van der Waals surface area contributed by atoms with Gasteiger partial charge >= 0.3 is 0 Å². The molecule has 4 heteroatoms. The molecule has 0 radical (unpaired) electrons. The molecule has 4 rings (SSSR count). The van der Waals surface area contributed by atoms with Crippen LogP contribution in [-0.2, 0) is 11.2 Å². The van der Waals surface area contributed by atoms with Gasteiger partial charge in [0, 0.05) is 18.0 Å². The van der Waals surface area contributed by atoms with Crippen LogP contribution in [0.4, 0.5) is 0 Å². The average molecular weight is 290 g/mol. The molecule has 1 saturated carbocycles. The predicted molar refractivity (Wildman–Crippen MR) is 80.0 cm³/mol. The fraction of sp³-hybridized carbons (Fsp3) is 0.750. The van der Waals surface area contributed by atoms with Crippen molar-refractivity contribution in [3.63, 3.8) is 0 Å². The van der Waals surface area contributed by atoms with Gasteiger partial charge in [0.25, 0.3) is 0 Å². The van der Waals surface area contributed by atoms with Gasteiger partial charge in [-0.05, 0) is 57.3 Å². The third-order valence-electron chi connectivity index (χ3n) is 5.29. The number of piperidine rings is 1. The van der Waals surface area contributed by atoms with Crippen LogP contribution >= 0.6 is 11.3 Å². The Hall–Kier alpha value is -0.900. The van der Waals surface area contributed by atoms with E-state index in [0.29, 0.717) is 11.3 Å². The number of carbonyl (C=O) groups excluding carboxylic acids is 1. The van der Waals surface area contributed by atoms with Gasteiger partial charge in [0.15, 0.2) is 0 Å². The van der Waals surface area contributed by atoms with E-state index < -0.39 is 0 Å². The lowest BCUT2D eigenvalue weighted by molar-refractivity contribution is -0.135. The first-order valence-electron chi connectivity index (χ1n) is 7.92. The number of likely N-dealkylation sites (tertiary alicyclic amines) is 1. The molecule has 0 aromatic carbocycles. The fourth-order valence-electron chi connectivity index (χ4n) is 3.98. The number of aromatic nitrogens is 1. The first kappa shape index (κ1) is 12.8. The Kier molecular flexibility index (Phi) is 2.92. The van der Waals surface area contributed by atoms with Crippen molar-refractivity contribution in [2.45, 2.75) is 57.8 Å². The van der Waals surface area contributed by atoms with Gasteiger partial charge in [-0.1, -0.05) is 0 Å². The molecule has 3 aliphatic rings. The summed E-state index contributed by atoms with van der Waals surface area (Å²) in [5.74, 6) is 0.417. The highest BCUT2D eigenvalue weighted by Gasteiger charge is 2.47. The highest BCUT2D eigenvalue weighted by Crippen LogP contribution is 2.52. The van der Waals surface area contributed by atoms with E-state index in [0.717, 1.165) is 43.1 Å². The molecule has 1 unspecified atom stereocenters. The lowest BCUT2D eigenvalue weighted by Crippen LogP contribution is -2.43. The molecule has 108 valence electrons. The summed E-state index contributed by atoms with van der Waals surface area (Å²) in [6.45, 7) is 4.04. The third-order valence-corrected chi connectivity index (χ3v) is 6.34. The molecule has 1 atom stereocenters. The second kappa shape index (κ2) is 4.55. The molecule has 3 nitrogen and oxygen atoms in total. The summed E-state index contributed by atoms with van der Waals surface area (Å²) in [5, 5.41) is 1.12. The number of thiazole rings is 1. The molecular weight excluding hydrogens is 268 g/mol. The Balaban J connectivity index is 1.56. The van der Waals surface area contributed by atoms with E-state index >= 15 is 0 Å². The average Bonchev–Trinajstić information content (AvgIpc) is 3.06. The number of rotatable bonds is 1. The summed E-state index contributed by atoms with van der Waals surface area (Å²) >= 11 is 1.79. The van der Waals surface area contributed by atoms with Gasteiger partial charge in [-0.15, -0.1) is 11.3 Å². The van der Waals surface area contributed by atoms with Crippen molar-refractivity contribution in [1.82, 2.24) is 9.88 Å². The van der Waals surface area contributed by atoms with E-state index in [9.17, 15) is 4.79 Å². The van der Waals surface area contributed by atoms with Crippen LogP contribution in [0, 0.1) is 12.3 Å². The summed E-state index contributed by atoms with van der Waals surface area (Å²) in [7, 11) is 0. The minimum atomic E-state index is 0.0533. The fourth-order valence-corrected chi connectivity index (χ4v) is 5.02. The maximum absolute atomic E-state index is 12.9. The van der Waals surface area contributed by atoms with Gasteiger partial charge in [-0.2, -0.15) is 0 Å². The molecule has 2 fully saturated rings. The van der Waals surface area contributed by atoms with Crippen molar-refractivity contribution in [3.05, 3.63) is 15.6 Å². The predicted octanol–water partition coefficient (Wildman–Crippen LogP) is 3.27. The normalized spacial score (nSPS) is 27.4.